The summed E-state index contributed by atoms with van der Waals surface area (Å²) in [7, 11) is 0. The zero-order chi connectivity index (χ0) is 20.3. The molecule has 1 heterocycles. The van der Waals surface area contributed by atoms with Gasteiger partial charge in [-0.1, -0.05) is 24.3 Å². The molecule has 1 N–H and O–H groups in total. The number of carbonyl (C=O) groups excluding carboxylic acids is 2. The normalized spacial score (nSPS) is 10.6. The van der Waals surface area contributed by atoms with Crippen molar-refractivity contribution in [2.45, 2.75) is 27.7 Å². The molecule has 0 aliphatic rings. The molecule has 28 heavy (non-hydrogen) atoms. The second kappa shape index (κ2) is 8.13. The molecule has 3 aromatic rings. The van der Waals surface area contributed by atoms with E-state index in [1.165, 1.54) is 0 Å². The number of aryl methyl sites for hydroxylation is 4. The van der Waals surface area contributed by atoms with E-state index in [1.54, 1.807) is 12.1 Å². The van der Waals surface area contributed by atoms with Crippen LogP contribution in [0.1, 0.15) is 32.9 Å². The van der Waals surface area contributed by atoms with Gasteiger partial charge in [0.25, 0.3) is 5.91 Å². The molecule has 1 amide bonds. The Balaban J connectivity index is 1.67. The van der Waals surface area contributed by atoms with Gasteiger partial charge in [0.2, 0.25) is 0 Å². The Morgan fingerprint density at radius 1 is 0.893 bits per heavy atom. The van der Waals surface area contributed by atoms with Gasteiger partial charge in [-0.05, 0) is 69.2 Å². The number of carbonyl (C=O) groups is 2. The SMILES string of the molecule is Cc1cccc(C)c1NC(=O)COC(=O)c1cccc(-n2c(C)ccc2C)c1. The van der Waals surface area contributed by atoms with Crippen molar-refractivity contribution < 1.29 is 14.3 Å². The molecule has 0 atom stereocenters. The maximum absolute atomic E-state index is 12.4. The van der Waals surface area contributed by atoms with Crippen LogP contribution in [-0.4, -0.2) is 23.1 Å². The van der Waals surface area contributed by atoms with E-state index in [4.69, 9.17) is 4.74 Å². The minimum atomic E-state index is -0.527. The summed E-state index contributed by atoms with van der Waals surface area (Å²) in [5, 5.41) is 2.81. The molecular weight excluding hydrogens is 352 g/mol. The minimum absolute atomic E-state index is 0.335. The molecule has 5 heteroatoms. The largest absolute Gasteiger partial charge is 0.452 e. The van der Waals surface area contributed by atoms with Crippen LogP contribution in [0.15, 0.2) is 54.6 Å². The van der Waals surface area contributed by atoms with Crippen molar-refractivity contribution in [1.29, 1.82) is 0 Å². The first-order chi connectivity index (χ1) is 13.4. The van der Waals surface area contributed by atoms with E-state index in [9.17, 15) is 9.59 Å². The maximum Gasteiger partial charge on any atom is 0.338 e. The van der Waals surface area contributed by atoms with Crippen molar-refractivity contribution in [3.8, 4) is 5.69 Å². The predicted octanol–water partition coefficient (Wildman–Crippen LogP) is 4.51. The Morgan fingerprint density at radius 3 is 2.14 bits per heavy atom. The molecule has 2 aromatic carbocycles. The quantitative estimate of drug-likeness (QED) is 0.667. The highest BCUT2D eigenvalue weighted by Crippen LogP contribution is 2.20. The third-order valence-electron chi connectivity index (χ3n) is 4.69. The van der Waals surface area contributed by atoms with Crippen LogP contribution in [-0.2, 0) is 9.53 Å². The van der Waals surface area contributed by atoms with E-state index in [0.717, 1.165) is 33.9 Å². The second-order valence-corrected chi connectivity index (χ2v) is 6.89. The summed E-state index contributed by atoms with van der Waals surface area (Å²) >= 11 is 0. The van der Waals surface area contributed by atoms with E-state index < -0.39 is 5.97 Å². The first-order valence-electron chi connectivity index (χ1n) is 9.15. The molecule has 144 valence electrons. The molecule has 5 nitrogen and oxygen atoms in total. The van der Waals surface area contributed by atoms with E-state index in [-0.39, 0.29) is 12.5 Å². The Kier molecular flexibility index (Phi) is 5.64. The van der Waals surface area contributed by atoms with Crippen LogP contribution in [0.25, 0.3) is 5.69 Å². The van der Waals surface area contributed by atoms with Crippen LogP contribution in [0.5, 0.6) is 0 Å². The average molecular weight is 376 g/mol. The number of para-hydroxylation sites is 1. The van der Waals surface area contributed by atoms with E-state index in [0.29, 0.717) is 5.56 Å². The molecule has 0 aliphatic heterocycles. The highest BCUT2D eigenvalue weighted by atomic mass is 16.5. The Morgan fingerprint density at radius 2 is 1.50 bits per heavy atom. The number of ether oxygens (including phenoxy) is 1. The summed E-state index contributed by atoms with van der Waals surface area (Å²) in [4.78, 5) is 24.6. The minimum Gasteiger partial charge on any atom is -0.452 e. The fourth-order valence-electron chi connectivity index (χ4n) is 3.25. The number of nitrogens with one attached hydrogen (secondary N) is 1. The summed E-state index contributed by atoms with van der Waals surface area (Å²) in [6.45, 7) is 7.53. The molecule has 0 aliphatic carbocycles. The first kappa shape index (κ1) is 19.4. The van der Waals surface area contributed by atoms with Crippen LogP contribution in [0.2, 0.25) is 0 Å². The lowest BCUT2D eigenvalue weighted by molar-refractivity contribution is -0.119. The summed E-state index contributed by atoms with van der Waals surface area (Å²) in [5.74, 6) is -0.889. The van der Waals surface area contributed by atoms with Gasteiger partial charge in [0.15, 0.2) is 6.61 Å². The lowest BCUT2D eigenvalue weighted by Crippen LogP contribution is -2.22. The van der Waals surface area contributed by atoms with Crippen LogP contribution in [0.4, 0.5) is 5.69 Å². The maximum atomic E-state index is 12.4. The number of hydrogen-bond donors (Lipinski definition) is 1. The summed E-state index contributed by atoms with van der Waals surface area (Å²) < 4.78 is 7.27. The molecule has 1 aromatic heterocycles. The molecule has 0 saturated heterocycles. The third kappa shape index (κ3) is 4.14. The molecule has 0 radical (unpaired) electrons. The average Bonchev–Trinajstić information content (AvgIpc) is 3.01. The summed E-state index contributed by atoms with van der Waals surface area (Å²) in [6, 6.07) is 17.0. The highest BCUT2D eigenvalue weighted by molar-refractivity contribution is 5.96. The number of rotatable bonds is 5. The lowest BCUT2D eigenvalue weighted by Gasteiger charge is -2.12. The number of esters is 1. The van der Waals surface area contributed by atoms with Gasteiger partial charge in [0, 0.05) is 22.8 Å². The van der Waals surface area contributed by atoms with Crippen molar-refractivity contribution in [3.05, 3.63) is 82.7 Å². The van der Waals surface area contributed by atoms with Crippen molar-refractivity contribution in [3.63, 3.8) is 0 Å². The monoisotopic (exact) mass is 376 g/mol. The first-order valence-corrected chi connectivity index (χ1v) is 9.15. The Labute approximate surface area is 165 Å². The summed E-state index contributed by atoms with van der Waals surface area (Å²) in [5.41, 5.74) is 6.13. The van der Waals surface area contributed by atoms with Gasteiger partial charge in [0.05, 0.1) is 5.56 Å². The van der Waals surface area contributed by atoms with Crippen molar-refractivity contribution in [2.24, 2.45) is 0 Å². The highest BCUT2D eigenvalue weighted by Gasteiger charge is 2.13. The number of aromatic nitrogens is 1. The fourth-order valence-corrected chi connectivity index (χ4v) is 3.25. The molecular formula is C23H24N2O3. The second-order valence-electron chi connectivity index (χ2n) is 6.89. The number of anilines is 1. The van der Waals surface area contributed by atoms with Crippen LogP contribution < -0.4 is 5.32 Å². The van der Waals surface area contributed by atoms with E-state index in [1.807, 2.05) is 70.2 Å². The molecule has 0 fully saturated rings. The lowest BCUT2D eigenvalue weighted by atomic mass is 10.1. The number of hydrogen-bond acceptors (Lipinski definition) is 3. The number of benzene rings is 2. The van der Waals surface area contributed by atoms with Gasteiger partial charge in [-0.15, -0.1) is 0 Å². The number of nitrogens with zero attached hydrogens (tertiary/aromatic N) is 1. The van der Waals surface area contributed by atoms with E-state index >= 15 is 0 Å². The van der Waals surface area contributed by atoms with Gasteiger partial charge < -0.3 is 14.6 Å². The topological polar surface area (TPSA) is 60.3 Å². The molecule has 3 rings (SSSR count). The smallest absolute Gasteiger partial charge is 0.338 e. The zero-order valence-electron chi connectivity index (χ0n) is 16.6. The number of amides is 1. The van der Waals surface area contributed by atoms with Gasteiger partial charge in [-0.3, -0.25) is 4.79 Å². The van der Waals surface area contributed by atoms with Crippen molar-refractivity contribution in [2.75, 3.05) is 11.9 Å². The van der Waals surface area contributed by atoms with Crippen molar-refractivity contribution in [1.82, 2.24) is 4.57 Å². The molecule has 0 spiro atoms. The zero-order valence-corrected chi connectivity index (χ0v) is 16.6. The predicted molar refractivity (Wildman–Crippen MR) is 110 cm³/mol. The van der Waals surface area contributed by atoms with Gasteiger partial charge in [-0.2, -0.15) is 0 Å². The van der Waals surface area contributed by atoms with Crippen molar-refractivity contribution >= 4 is 17.6 Å². The van der Waals surface area contributed by atoms with Gasteiger partial charge in [-0.25, -0.2) is 4.79 Å². The summed E-state index contributed by atoms with van der Waals surface area (Å²) in [6.07, 6.45) is 0. The Hall–Kier alpha value is -3.34. The van der Waals surface area contributed by atoms with Gasteiger partial charge in [0.1, 0.15) is 0 Å². The fraction of sp³-hybridized carbons (Fsp3) is 0.217. The third-order valence-corrected chi connectivity index (χ3v) is 4.69. The van der Waals surface area contributed by atoms with Crippen LogP contribution in [0, 0.1) is 27.7 Å². The molecule has 0 saturated carbocycles. The van der Waals surface area contributed by atoms with E-state index in [2.05, 4.69) is 9.88 Å². The standard InChI is InChI=1S/C23H24N2O3/c1-15-7-5-8-16(2)22(15)24-21(26)14-28-23(27)19-9-6-10-20(13-19)25-17(3)11-12-18(25)4/h5-13H,14H2,1-4H3,(H,24,26). The molecule has 0 bridgehead atoms. The van der Waals surface area contributed by atoms with Crippen LogP contribution >= 0.6 is 0 Å². The van der Waals surface area contributed by atoms with Crippen LogP contribution in [0.3, 0.4) is 0 Å². The molecule has 0 unspecified atom stereocenters. The Bertz CT molecular complexity index is 994. The van der Waals surface area contributed by atoms with Gasteiger partial charge >= 0.3 is 5.97 Å².